The first-order valence-electron chi connectivity index (χ1n) is 8.97. The third-order valence-electron chi connectivity index (χ3n) is 4.36. The number of nitriles is 1. The maximum absolute atomic E-state index is 12.2. The van der Waals surface area contributed by atoms with Gasteiger partial charge in [0.2, 0.25) is 0 Å². The number of aromatic nitrogens is 3. The summed E-state index contributed by atoms with van der Waals surface area (Å²) in [4.78, 5) is 13.0. The smallest absolute Gasteiger partial charge is 0.301 e. The lowest BCUT2D eigenvalue weighted by Crippen LogP contribution is -2.29. The lowest BCUT2D eigenvalue weighted by molar-refractivity contribution is 0.526. The molecule has 0 aliphatic heterocycles. The molecule has 0 aliphatic carbocycles. The van der Waals surface area contributed by atoms with Crippen molar-refractivity contribution in [2.24, 2.45) is 0 Å². The van der Waals surface area contributed by atoms with Gasteiger partial charge in [-0.3, -0.25) is 9.71 Å². The maximum Gasteiger partial charge on any atom is 0.301 e. The maximum atomic E-state index is 12.2. The van der Waals surface area contributed by atoms with E-state index in [0.29, 0.717) is 34.3 Å². The molecule has 0 amide bonds. The highest BCUT2D eigenvalue weighted by Crippen LogP contribution is 2.26. The molecule has 0 fully saturated rings. The Hall–Kier alpha value is -3.55. The van der Waals surface area contributed by atoms with Gasteiger partial charge in [0.25, 0.3) is 0 Å². The Morgan fingerprint density at radius 3 is 2.43 bits per heavy atom. The molecule has 0 aromatic carbocycles. The molecule has 3 heterocycles. The average molecular weight is 424 g/mol. The van der Waals surface area contributed by atoms with Crippen LogP contribution in [-0.4, -0.2) is 41.8 Å². The molecular weight excluding hydrogens is 402 g/mol. The van der Waals surface area contributed by atoms with Crippen LogP contribution in [0.5, 0.6) is 0 Å². The zero-order chi connectivity index (χ0) is 21.9. The molecule has 3 aromatic rings. The van der Waals surface area contributed by atoms with Crippen molar-refractivity contribution in [3.63, 3.8) is 0 Å². The van der Waals surface area contributed by atoms with Crippen molar-refractivity contribution in [3.8, 4) is 17.2 Å². The molecule has 0 aliphatic rings. The first-order chi connectivity index (χ1) is 14.2. The second-order valence-corrected chi connectivity index (χ2v) is 8.63. The van der Waals surface area contributed by atoms with Crippen molar-refractivity contribution in [2.75, 3.05) is 24.1 Å². The number of nitrogens with one attached hydrogen (secondary N) is 2. The first-order valence-corrected chi connectivity index (χ1v) is 10.4. The summed E-state index contributed by atoms with van der Waals surface area (Å²) in [5.41, 5.74) is 3.63. The van der Waals surface area contributed by atoms with Gasteiger partial charge in [0.05, 0.1) is 22.6 Å². The van der Waals surface area contributed by atoms with Crippen LogP contribution < -0.4 is 10.0 Å². The van der Waals surface area contributed by atoms with E-state index >= 15 is 0 Å². The molecule has 2 N–H and O–H groups in total. The number of nitrogens with zero attached hydrogens (tertiary/aromatic N) is 5. The van der Waals surface area contributed by atoms with Crippen LogP contribution in [0, 0.1) is 25.2 Å². The standard InChI is InChI=1S/C20H21N7O2S/c1-13-16(11-21)5-6-19(24-13)25-20-10-15(7-8-22-20)17-9-18(14(2)23-12-17)26-30(28,29)27(3)4/h5-10,12,26H,1-4H3,(H,22,24,25). The molecule has 0 spiro atoms. The zero-order valence-electron chi connectivity index (χ0n) is 17.0. The van der Waals surface area contributed by atoms with Gasteiger partial charge in [-0.1, -0.05) is 0 Å². The normalized spacial score (nSPS) is 11.2. The molecule has 0 atom stereocenters. The fourth-order valence-electron chi connectivity index (χ4n) is 2.58. The largest absolute Gasteiger partial charge is 0.325 e. The van der Waals surface area contributed by atoms with E-state index in [-0.39, 0.29) is 0 Å². The van der Waals surface area contributed by atoms with Crippen LogP contribution in [0.25, 0.3) is 11.1 Å². The Labute approximate surface area is 175 Å². The summed E-state index contributed by atoms with van der Waals surface area (Å²) in [6.45, 7) is 3.50. The van der Waals surface area contributed by atoms with Crippen LogP contribution in [0.15, 0.2) is 42.7 Å². The van der Waals surface area contributed by atoms with Crippen molar-refractivity contribution >= 4 is 27.5 Å². The van der Waals surface area contributed by atoms with Crippen LogP contribution >= 0.6 is 0 Å². The van der Waals surface area contributed by atoms with Crippen LogP contribution in [0.2, 0.25) is 0 Å². The van der Waals surface area contributed by atoms with E-state index in [1.54, 1.807) is 50.5 Å². The topological polar surface area (TPSA) is 124 Å². The summed E-state index contributed by atoms with van der Waals surface area (Å²) in [6.07, 6.45) is 3.31. The molecule has 0 unspecified atom stereocenters. The predicted octanol–water partition coefficient (Wildman–Crippen LogP) is 2.99. The third-order valence-corrected chi connectivity index (χ3v) is 5.80. The first kappa shape index (κ1) is 21.2. The average Bonchev–Trinajstić information content (AvgIpc) is 2.70. The Balaban J connectivity index is 1.90. The van der Waals surface area contributed by atoms with Gasteiger partial charge >= 0.3 is 10.2 Å². The van der Waals surface area contributed by atoms with E-state index in [4.69, 9.17) is 5.26 Å². The highest BCUT2D eigenvalue weighted by Gasteiger charge is 2.15. The third kappa shape index (κ3) is 4.71. The second-order valence-electron chi connectivity index (χ2n) is 6.74. The van der Waals surface area contributed by atoms with Gasteiger partial charge in [-0.25, -0.2) is 9.97 Å². The van der Waals surface area contributed by atoms with Crippen LogP contribution in [-0.2, 0) is 10.2 Å². The highest BCUT2D eigenvalue weighted by atomic mass is 32.2. The number of pyridine rings is 3. The van der Waals surface area contributed by atoms with E-state index in [1.165, 1.54) is 14.1 Å². The van der Waals surface area contributed by atoms with E-state index in [1.807, 2.05) is 6.07 Å². The second kappa shape index (κ2) is 8.44. The Kier molecular flexibility index (Phi) is 5.96. The number of anilines is 3. The summed E-state index contributed by atoms with van der Waals surface area (Å²) < 4.78 is 28.0. The Morgan fingerprint density at radius 2 is 1.77 bits per heavy atom. The van der Waals surface area contributed by atoms with Gasteiger partial charge in [0.15, 0.2) is 0 Å². The van der Waals surface area contributed by atoms with E-state index in [9.17, 15) is 8.42 Å². The Morgan fingerprint density at radius 1 is 1.00 bits per heavy atom. The zero-order valence-corrected chi connectivity index (χ0v) is 17.8. The van der Waals surface area contributed by atoms with Crippen molar-refractivity contribution in [1.29, 1.82) is 5.26 Å². The molecule has 0 saturated carbocycles. The lowest BCUT2D eigenvalue weighted by atomic mass is 10.1. The van der Waals surface area contributed by atoms with Crippen molar-refractivity contribution < 1.29 is 8.42 Å². The van der Waals surface area contributed by atoms with Gasteiger partial charge in [-0.2, -0.15) is 18.0 Å². The van der Waals surface area contributed by atoms with Crippen molar-refractivity contribution in [1.82, 2.24) is 19.3 Å². The van der Waals surface area contributed by atoms with E-state index in [2.05, 4.69) is 31.1 Å². The summed E-state index contributed by atoms with van der Waals surface area (Å²) in [6, 6.07) is 10.8. The fourth-order valence-corrected chi connectivity index (χ4v) is 3.25. The van der Waals surface area contributed by atoms with Crippen molar-refractivity contribution in [2.45, 2.75) is 13.8 Å². The van der Waals surface area contributed by atoms with Crippen molar-refractivity contribution in [3.05, 3.63) is 59.7 Å². The number of hydrogen-bond donors (Lipinski definition) is 2. The SMILES string of the molecule is Cc1nc(Nc2cc(-c3cnc(C)c(NS(=O)(=O)N(C)C)c3)ccn2)ccc1C#N. The van der Waals surface area contributed by atoms with Gasteiger partial charge in [0, 0.05) is 32.1 Å². The van der Waals surface area contributed by atoms with E-state index in [0.717, 1.165) is 15.4 Å². The molecule has 9 nitrogen and oxygen atoms in total. The van der Waals surface area contributed by atoms with Gasteiger partial charge in [0.1, 0.15) is 17.7 Å². The lowest BCUT2D eigenvalue weighted by Gasteiger charge is -2.15. The van der Waals surface area contributed by atoms with Crippen LogP contribution in [0.4, 0.5) is 17.3 Å². The molecule has 30 heavy (non-hydrogen) atoms. The van der Waals surface area contributed by atoms with Crippen LogP contribution in [0.1, 0.15) is 17.0 Å². The Bertz CT molecular complexity index is 1230. The fraction of sp³-hybridized carbons (Fsp3) is 0.200. The van der Waals surface area contributed by atoms with Gasteiger partial charge in [-0.15, -0.1) is 0 Å². The van der Waals surface area contributed by atoms with E-state index < -0.39 is 10.2 Å². The summed E-state index contributed by atoms with van der Waals surface area (Å²) in [5.74, 6) is 1.12. The highest BCUT2D eigenvalue weighted by molar-refractivity contribution is 7.90. The number of hydrogen-bond acceptors (Lipinski definition) is 7. The monoisotopic (exact) mass is 423 g/mol. The van der Waals surface area contributed by atoms with Gasteiger partial charge < -0.3 is 5.32 Å². The summed E-state index contributed by atoms with van der Waals surface area (Å²) >= 11 is 0. The minimum Gasteiger partial charge on any atom is -0.325 e. The van der Waals surface area contributed by atoms with Gasteiger partial charge in [-0.05, 0) is 49.7 Å². The minimum atomic E-state index is -3.64. The molecule has 3 rings (SSSR count). The molecule has 0 saturated heterocycles. The summed E-state index contributed by atoms with van der Waals surface area (Å²) in [7, 11) is -0.738. The molecule has 0 bridgehead atoms. The minimum absolute atomic E-state index is 0.400. The molecule has 3 aromatic heterocycles. The number of aryl methyl sites for hydroxylation is 2. The quantitative estimate of drug-likeness (QED) is 0.624. The summed E-state index contributed by atoms with van der Waals surface area (Å²) in [5, 5.41) is 12.1. The number of rotatable bonds is 6. The molecular formula is C20H21N7O2S. The molecule has 10 heteroatoms. The molecule has 154 valence electrons. The molecule has 0 radical (unpaired) electrons. The predicted molar refractivity (Wildman–Crippen MR) is 115 cm³/mol. The van der Waals surface area contributed by atoms with Crippen LogP contribution in [0.3, 0.4) is 0 Å².